The molecule has 3 rings (SSSR count). The molecule has 0 saturated heterocycles. The molecule has 116 valence electrons. The number of nitrogens with two attached hydrogens (primary N) is 1. The third-order valence-corrected chi connectivity index (χ3v) is 5.62. The SMILES string of the molecule is Cl.NCC1(NS(=O)(=O)c2c[nH]c3ncccc23)CCCC1. The Bertz CT molecular complexity index is 723. The zero-order chi connectivity index (χ0) is 14.2. The van der Waals surface area contributed by atoms with Crippen molar-refractivity contribution in [2.75, 3.05) is 6.54 Å². The maximum absolute atomic E-state index is 12.6. The van der Waals surface area contributed by atoms with Gasteiger partial charge in [-0.1, -0.05) is 12.8 Å². The van der Waals surface area contributed by atoms with Crippen molar-refractivity contribution in [3.05, 3.63) is 24.5 Å². The highest BCUT2D eigenvalue weighted by Gasteiger charge is 2.37. The van der Waals surface area contributed by atoms with E-state index in [2.05, 4.69) is 14.7 Å². The molecule has 8 heteroatoms. The van der Waals surface area contributed by atoms with Gasteiger partial charge in [0.25, 0.3) is 0 Å². The third kappa shape index (κ3) is 2.91. The Kier molecular flexibility index (Phi) is 4.57. The van der Waals surface area contributed by atoms with Crippen molar-refractivity contribution in [2.24, 2.45) is 5.73 Å². The summed E-state index contributed by atoms with van der Waals surface area (Å²) in [7, 11) is -3.60. The molecule has 2 aromatic rings. The van der Waals surface area contributed by atoms with Crippen LogP contribution in [0.2, 0.25) is 0 Å². The third-order valence-electron chi connectivity index (χ3n) is 4.00. The number of nitrogens with zero attached hydrogens (tertiary/aromatic N) is 1. The number of H-pyrrole nitrogens is 1. The first-order valence-electron chi connectivity index (χ1n) is 6.72. The van der Waals surface area contributed by atoms with Gasteiger partial charge in [-0.2, -0.15) is 0 Å². The predicted molar refractivity (Wildman–Crippen MR) is 83.9 cm³/mol. The number of nitrogens with one attached hydrogen (secondary N) is 2. The average molecular weight is 331 g/mol. The van der Waals surface area contributed by atoms with Crippen molar-refractivity contribution in [3.63, 3.8) is 0 Å². The van der Waals surface area contributed by atoms with Gasteiger partial charge < -0.3 is 10.7 Å². The van der Waals surface area contributed by atoms with Gasteiger partial charge in [0.15, 0.2) is 0 Å². The van der Waals surface area contributed by atoms with Crippen LogP contribution in [0.15, 0.2) is 29.4 Å². The van der Waals surface area contributed by atoms with Crippen molar-refractivity contribution >= 4 is 33.5 Å². The Balaban J connectivity index is 0.00000161. The number of aromatic nitrogens is 2. The van der Waals surface area contributed by atoms with E-state index in [9.17, 15) is 8.42 Å². The van der Waals surface area contributed by atoms with Crippen molar-refractivity contribution in [3.8, 4) is 0 Å². The normalized spacial score (nSPS) is 17.8. The van der Waals surface area contributed by atoms with Crippen LogP contribution in [0.25, 0.3) is 11.0 Å². The number of aromatic amines is 1. The minimum Gasteiger partial charge on any atom is -0.345 e. The van der Waals surface area contributed by atoms with Gasteiger partial charge in [-0.15, -0.1) is 12.4 Å². The zero-order valence-corrected chi connectivity index (χ0v) is 13.1. The fourth-order valence-electron chi connectivity index (χ4n) is 2.89. The van der Waals surface area contributed by atoms with E-state index in [-0.39, 0.29) is 17.3 Å². The number of hydrogen-bond acceptors (Lipinski definition) is 4. The first-order chi connectivity index (χ1) is 9.56. The van der Waals surface area contributed by atoms with E-state index < -0.39 is 15.6 Å². The number of hydrogen-bond donors (Lipinski definition) is 3. The Morgan fingerprint density at radius 3 is 2.76 bits per heavy atom. The van der Waals surface area contributed by atoms with Crippen LogP contribution in [0.5, 0.6) is 0 Å². The predicted octanol–water partition coefficient (Wildman–Crippen LogP) is 1.53. The quantitative estimate of drug-likeness (QED) is 0.791. The van der Waals surface area contributed by atoms with Crippen LogP contribution in [-0.2, 0) is 10.0 Å². The molecular weight excluding hydrogens is 312 g/mol. The summed E-state index contributed by atoms with van der Waals surface area (Å²) in [5.74, 6) is 0. The van der Waals surface area contributed by atoms with Crippen LogP contribution >= 0.6 is 12.4 Å². The van der Waals surface area contributed by atoms with Gasteiger partial charge in [0.1, 0.15) is 10.5 Å². The summed E-state index contributed by atoms with van der Waals surface area (Å²) in [6, 6.07) is 3.47. The summed E-state index contributed by atoms with van der Waals surface area (Å²) in [6.45, 7) is 0.326. The molecule has 0 amide bonds. The molecule has 21 heavy (non-hydrogen) atoms. The highest BCUT2D eigenvalue weighted by molar-refractivity contribution is 7.89. The van der Waals surface area contributed by atoms with Crippen LogP contribution in [-0.4, -0.2) is 30.5 Å². The van der Waals surface area contributed by atoms with Gasteiger partial charge in [0, 0.05) is 29.9 Å². The Morgan fingerprint density at radius 1 is 1.38 bits per heavy atom. The minimum absolute atomic E-state index is 0. The van der Waals surface area contributed by atoms with Gasteiger partial charge in [-0.3, -0.25) is 0 Å². The van der Waals surface area contributed by atoms with Gasteiger partial charge in [0.05, 0.1) is 0 Å². The van der Waals surface area contributed by atoms with Crippen molar-refractivity contribution in [1.29, 1.82) is 0 Å². The fraction of sp³-hybridized carbons (Fsp3) is 0.462. The van der Waals surface area contributed by atoms with Gasteiger partial charge in [-0.25, -0.2) is 18.1 Å². The number of rotatable bonds is 4. The van der Waals surface area contributed by atoms with E-state index in [0.717, 1.165) is 25.7 Å². The summed E-state index contributed by atoms with van der Waals surface area (Å²) in [6.07, 6.45) is 6.72. The second-order valence-corrected chi connectivity index (χ2v) is 7.00. The molecule has 0 aromatic carbocycles. The molecule has 1 saturated carbocycles. The average Bonchev–Trinajstić information content (AvgIpc) is 3.05. The molecule has 1 fully saturated rings. The van der Waals surface area contributed by atoms with E-state index in [1.807, 2.05) is 0 Å². The van der Waals surface area contributed by atoms with Crippen LogP contribution in [0.3, 0.4) is 0 Å². The monoisotopic (exact) mass is 330 g/mol. The molecule has 2 aromatic heterocycles. The first-order valence-corrected chi connectivity index (χ1v) is 8.21. The molecule has 0 unspecified atom stereocenters. The molecular formula is C13H19ClN4O2S. The molecule has 0 atom stereocenters. The maximum Gasteiger partial charge on any atom is 0.243 e. The Labute approximate surface area is 130 Å². The second kappa shape index (κ2) is 5.92. The number of sulfonamides is 1. The smallest absolute Gasteiger partial charge is 0.243 e. The standard InChI is InChI=1S/C13H18N4O2S.ClH/c14-9-13(5-1-2-6-13)17-20(18,19)11-8-16-12-10(11)4-3-7-15-12;/h3-4,7-8,17H,1-2,5-6,9,14H2,(H,15,16);1H. The number of pyridine rings is 1. The fourth-order valence-corrected chi connectivity index (χ4v) is 4.53. The molecule has 0 radical (unpaired) electrons. The lowest BCUT2D eigenvalue weighted by molar-refractivity contribution is 0.399. The van der Waals surface area contributed by atoms with Gasteiger partial charge in [-0.05, 0) is 25.0 Å². The summed E-state index contributed by atoms with van der Waals surface area (Å²) in [5, 5.41) is 0.602. The van der Waals surface area contributed by atoms with Crippen LogP contribution in [0, 0.1) is 0 Å². The lowest BCUT2D eigenvalue weighted by Gasteiger charge is -2.28. The Morgan fingerprint density at radius 2 is 2.10 bits per heavy atom. The molecule has 1 aliphatic carbocycles. The summed E-state index contributed by atoms with van der Waals surface area (Å²) >= 11 is 0. The lowest BCUT2D eigenvalue weighted by Crippen LogP contribution is -2.51. The van der Waals surface area contributed by atoms with E-state index >= 15 is 0 Å². The van der Waals surface area contributed by atoms with Crippen LogP contribution < -0.4 is 10.5 Å². The molecule has 6 nitrogen and oxygen atoms in total. The largest absolute Gasteiger partial charge is 0.345 e. The topological polar surface area (TPSA) is 101 Å². The number of fused-ring (bicyclic) bond motifs is 1. The van der Waals surface area contributed by atoms with E-state index in [4.69, 9.17) is 5.73 Å². The van der Waals surface area contributed by atoms with Crippen molar-refractivity contribution in [2.45, 2.75) is 36.1 Å². The minimum atomic E-state index is -3.60. The van der Waals surface area contributed by atoms with Crippen molar-refractivity contribution < 1.29 is 8.42 Å². The summed E-state index contributed by atoms with van der Waals surface area (Å²) < 4.78 is 28.0. The first kappa shape index (κ1) is 16.2. The van der Waals surface area contributed by atoms with Crippen molar-refractivity contribution in [1.82, 2.24) is 14.7 Å². The molecule has 0 spiro atoms. The molecule has 4 N–H and O–H groups in total. The number of halogens is 1. The van der Waals surface area contributed by atoms with E-state index in [0.29, 0.717) is 17.6 Å². The van der Waals surface area contributed by atoms with Gasteiger partial charge >= 0.3 is 0 Å². The highest BCUT2D eigenvalue weighted by Crippen LogP contribution is 2.31. The molecule has 0 aliphatic heterocycles. The van der Waals surface area contributed by atoms with Crippen LogP contribution in [0.1, 0.15) is 25.7 Å². The van der Waals surface area contributed by atoms with E-state index in [1.165, 1.54) is 6.20 Å². The summed E-state index contributed by atoms with van der Waals surface area (Å²) in [4.78, 5) is 7.24. The Hall–Kier alpha value is -1.15. The highest BCUT2D eigenvalue weighted by atomic mass is 35.5. The summed E-state index contributed by atoms with van der Waals surface area (Å²) in [5.41, 5.74) is 5.87. The second-order valence-electron chi connectivity index (χ2n) is 5.35. The lowest BCUT2D eigenvalue weighted by atomic mass is 10.0. The molecule has 0 bridgehead atoms. The molecule has 2 heterocycles. The molecule has 1 aliphatic rings. The van der Waals surface area contributed by atoms with Crippen LogP contribution in [0.4, 0.5) is 0 Å². The van der Waals surface area contributed by atoms with E-state index in [1.54, 1.807) is 18.3 Å². The van der Waals surface area contributed by atoms with Gasteiger partial charge in [0.2, 0.25) is 10.0 Å². The maximum atomic E-state index is 12.6. The zero-order valence-electron chi connectivity index (χ0n) is 11.5.